The van der Waals surface area contributed by atoms with Gasteiger partial charge in [0, 0.05) is 44.5 Å². The summed E-state index contributed by atoms with van der Waals surface area (Å²) >= 11 is 0. The first kappa shape index (κ1) is 24.1. The SMILES string of the molecule is CCCCNc1cccc2c(-c3ccnc(NCCN4CCOCC4)n3)c(-c3ccc(F)cc3)nn12. The van der Waals surface area contributed by atoms with E-state index in [1.54, 1.807) is 18.3 Å². The second-order valence-electron chi connectivity index (χ2n) is 8.87. The quantitative estimate of drug-likeness (QED) is 0.316. The molecule has 0 radical (unpaired) electrons. The molecule has 1 aliphatic heterocycles. The number of benzene rings is 1. The van der Waals surface area contributed by atoms with Gasteiger partial charge < -0.3 is 15.4 Å². The standard InChI is InChI=1S/C27H32FN7O/c1-2-3-12-29-24-6-4-5-23-25(26(33-35(23)24)20-7-9-21(28)10-8-20)22-11-13-30-27(32-22)31-14-15-34-16-18-36-19-17-34/h4-11,13,29H,2-3,12,14-19H2,1H3,(H,30,31,32). The lowest BCUT2D eigenvalue weighted by Crippen LogP contribution is -2.39. The van der Waals surface area contributed by atoms with E-state index in [1.165, 1.54) is 12.1 Å². The van der Waals surface area contributed by atoms with Crippen LogP contribution < -0.4 is 10.6 Å². The first-order chi connectivity index (χ1) is 17.7. The molecule has 1 aromatic carbocycles. The Bertz CT molecular complexity index is 1290. The highest BCUT2D eigenvalue weighted by Gasteiger charge is 2.20. The van der Waals surface area contributed by atoms with Gasteiger partial charge in [0.1, 0.15) is 17.3 Å². The monoisotopic (exact) mass is 489 g/mol. The zero-order valence-corrected chi connectivity index (χ0v) is 20.6. The molecule has 0 saturated carbocycles. The Labute approximate surface area is 210 Å². The number of pyridine rings is 1. The van der Waals surface area contributed by atoms with Crippen molar-refractivity contribution in [1.82, 2.24) is 24.5 Å². The van der Waals surface area contributed by atoms with Crippen LogP contribution in [0.2, 0.25) is 0 Å². The maximum atomic E-state index is 13.7. The molecule has 0 spiro atoms. The van der Waals surface area contributed by atoms with Gasteiger partial charge >= 0.3 is 0 Å². The Morgan fingerprint density at radius 3 is 2.64 bits per heavy atom. The number of unbranched alkanes of at least 4 members (excludes halogenated alkanes) is 1. The molecule has 5 rings (SSSR count). The number of aromatic nitrogens is 4. The van der Waals surface area contributed by atoms with Crippen LogP contribution in [0.4, 0.5) is 16.2 Å². The Morgan fingerprint density at radius 2 is 1.83 bits per heavy atom. The lowest BCUT2D eigenvalue weighted by atomic mass is 10.0. The Hall–Kier alpha value is -3.56. The summed E-state index contributed by atoms with van der Waals surface area (Å²) in [6.07, 6.45) is 3.94. The van der Waals surface area contributed by atoms with Crippen molar-refractivity contribution >= 4 is 17.3 Å². The smallest absolute Gasteiger partial charge is 0.223 e. The average Bonchev–Trinajstić information content (AvgIpc) is 3.31. The number of fused-ring (bicyclic) bond motifs is 1. The molecule has 1 fully saturated rings. The van der Waals surface area contributed by atoms with Crippen LogP contribution in [0.25, 0.3) is 28.0 Å². The molecule has 3 aromatic heterocycles. The third-order valence-corrected chi connectivity index (χ3v) is 6.34. The molecule has 0 aliphatic carbocycles. The molecule has 4 aromatic rings. The van der Waals surface area contributed by atoms with E-state index >= 15 is 0 Å². The van der Waals surface area contributed by atoms with Crippen molar-refractivity contribution in [2.45, 2.75) is 19.8 Å². The molecule has 0 atom stereocenters. The van der Waals surface area contributed by atoms with Crippen molar-refractivity contribution in [3.05, 3.63) is 60.5 Å². The fourth-order valence-corrected chi connectivity index (χ4v) is 4.39. The van der Waals surface area contributed by atoms with E-state index in [9.17, 15) is 4.39 Å². The topological polar surface area (TPSA) is 79.6 Å². The highest BCUT2D eigenvalue weighted by Crippen LogP contribution is 2.35. The van der Waals surface area contributed by atoms with Gasteiger partial charge in [-0.1, -0.05) is 19.4 Å². The summed E-state index contributed by atoms with van der Waals surface area (Å²) in [5.41, 5.74) is 4.15. The minimum Gasteiger partial charge on any atom is -0.379 e. The van der Waals surface area contributed by atoms with E-state index in [0.29, 0.717) is 5.95 Å². The van der Waals surface area contributed by atoms with Crippen molar-refractivity contribution in [1.29, 1.82) is 0 Å². The van der Waals surface area contributed by atoms with Crippen LogP contribution in [0.15, 0.2) is 54.7 Å². The first-order valence-corrected chi connectivity index (χ1v) is 12.6. The van der Waals surface area contributed by atoms with Gasteiger partial charge in [0.15, 0.2) is 0 Å². The maximum absolute atomic E-state index is 13.7. The highest BCUT2D eigenvalue weighted by atomic mass is 19.1. The molecule has 1 saturated heterocycles. The Balaban J connectivity index is 1.49. The summed E-state index contributed by atoms with van der Waals surface area (Å²) in [7, 11) is 0. The number of hydrogen-bond donors (Lipinski definition) is 2. The zero-order valence-electron chi connectivity index (χ0n) is 20.6. The van der Waals surface area contributed by atoms with Crippen LogP contribution >= 0.6 is 0 Å². The minimum absolute atomic E-state index is 0.278. The highest BCUT2D eigenvalue weighted by molar-refractivity contribution is 5.91. The Morgan fingerprint density at radius 1 is 1.00 bits per heavy atom. The lowest BCUT2D eigenvalue weighted by molar-refractivity contribution is 0.0398. The number of rotatable bonds is 10. The maximum Gasteiger partial charge on any atom is 0.223 e. The predicted molar refractivity (Wildman–Crippen MR) is 141 cm³/mol. The second-order valence-corrected chi connectivity index (χ2v) is 8.87. The third-order valence-electron chi connectivity index (χ3n) is 6.34. The van der Waals surface area contributed by atoms with Gasteiger partial charge in [-0.3, -0.25) is 4.90 Å². The molecule has 0 unspecified atom stereocenters. The molecule has 188 valence electrons. The molecule has 36 heavy (non-hydrogen) atoms. The number of anilines is 2. The molecule has 1 aliphatic rings. The molecular weight excluding hydrogens is 457 g/mol. The van der Waals surface area contributed by atoms with Crippen molar-refractivity contribution in [2.24, 2.45) is 0 Å². The number of hydrogen-bond acceptors (Lipinski definition) is 7. The van der Waals surface area contributed by atoms with Crippen molar-refractivity contribution in [2.75, 3.05) is 56.6 Å². The summed E-state index contributed by atoms with van der Waals surface area (Å²) in [4.78, 5) is 11.6. The summed E-state index contributed by atoms with van der Waals surface area (Å²) in [5.74, 6) is 1.20. The van der Waals surface area contributed by atoms with E-state index in [4.69, 9.17) is 14.8 Å². The van der Waals surface area contributed by atoms with E-state index in [1.807, 2.05) is 28.8 Å². The molecule has 2 N–H and O–H groups in total. The summed E-state index contributed by atoms with van der Waals surface area (Å²) in [6.45, 7) is 8.13. The van der Waals surface area contributed by atoms with E-state index in [0.717, 1.165) is 92.6 Å². The van der Waals surface area contributed by atoms with Gasteiger partial charge in [-0.05, 0) is 48.9 Å². The zero-order chi connectivity index (χ0) is 24.7. The fraction of sp³-hybridized carbons (Fsp3) is 0.370. The number of nitrogens with zero attached hydrogens (tertiary/aromatic N) is 5. The van der Waals surface area contributed by atoms with E-state index in [2.05, 4.69) is 27.4 Å². The second kappa shape index (κ2) is 11.5. The van der Waals surface area contributed by atoms with Gasteiger partial charge in [0.05, 0.1) is 30.0 Å². The minimum atomic E-state index is -0.278. The van der Waals surface area contributed by atoms with Crippen LogP contribution in [0.5, 0.6) is 0 Å². The number of ether oxygens (including phenoxy) is 1. The van der Waals surface area contributed by atoms with Gasteiger partial charge in [-0.25, -0.2) is 18.9 Å². The van der Waals surface area contributed by atoms with E-state index in [-0.39, 0.29) is 5.82 Å². The summed E-state index contributed by atoms with van der Waals surface area (Å²) in [6, 6.07) is 14.4. The molecule has 9 heteroatoms. The van der Waals surface area contributed by atoms with Crippen molar-refractivity contribution in [3.63, 3.8) is 0 Å². The molecule has 0 bridgehead atoms. The predicted octanol–water partition coefficient (Wildman–Crippen LogP) is 4.55. The summed E-state index contributed by atoms with van der Waals surface area (Å²) < 4.78 is 21.0. The molecular formula is C27H32FN7O. The van der Waals surface area contributed by atoms with Crippen LogP contribution in [0.1, 0.15) is 19.8 Å². The molecule has 8 nitrogen and oxygen atoms in total. The normalized spacial score (nSPS) is 14.3. The first-order valence-electron chi connectivity index (χ1n) is 12.6. The van der Waals surface area contributed by atoms with Gasteiger partial charge in [0.25, 0.3) is 0 Å². The van der Waals surface area contributed by atoms with E-state index < -0.39 is 0 Å². The van der Waals surface area contributed by atoms with Gasteiger partial charge in [0.2, 0.25) is 5.95 Å². The van der Waals surface area contributed by atoms with Crippen LogP contribution in [-0.2, 0) is 4.74 Å². The van der Waals surface area contributed by atoms with Gasteiger partial charge in [-0.15, -0.1) is 0 Å². The summed E-state index contributed by atoms with van der Waals surface area (Å²) in [5, 5.41) is 11.8. The number of halogens is 1. The lowest BCUT2D eigenvalue weighted by Gasteiger charge is -2.26. The van der Waals surface area contributed by atoms with Crippen LogP contribution in [-0.4, -0.2) is 70.4 Å². The number of morpholine rings is 1. The number of nitrogens with one attached hydrogen (secondary N) is 2. The molecule has 4 heterocycles. The van der Waals surface area contributed by atoms with Crippen molar-refractivity contribution < 1.29 is 9.13 Å². The third kappa shape index (κ3) is 5.47. The van der Waals surface area contributed by atoms with Gasteiger partial charge in [-0.2, -0.15) is 5.10 Å². The molecule has 0 amide bonds. The van der Waals surface area contributed by atoms with Crippen LogP contribution in [0.3, 0.4) is 0 Å². The fourth-order valence-electron chi connectivity index (χ4n) is 4.39. The average molecular weight is 490 g/mol. The largest absolute Gasteiger partial charge is 0.379 e. The van der Waals surface area contributed by atoms with Crippen molar-refractivity contribution in [3.8, 4) is 22.5 Å². The van der Waals surface area contributed by atoms with Crippen LogP contribution in [0, 0.1) is 5.82 Å². The Kier molecular flexibility index (Phi) is 7.68.